The molecule has 0 bridgehead atoms. The molecule has 0 saturated heterocycles. The minimum Gasteiger partial charge on any atom is -0.383 e. The quantitative estimate of drug-likeness (QED) is 0.620. The van der Waals surface area contributed by atoms with E-state index in [1.54, 1.807) is 11.3 Å². The summed E-state index contributed by atoms with van der Waals surface area (Å²) in [6.45, 7) is 2.17. The third kappa shape index (κ3) is 2.56. The second-order valence-corrected chi connectivity index (χ2v) is 5.06. The maximum absolute atomic E-state index is 7.48. The number of allylic oxidation sites excluding steroid dienone is 1. The highest BCUT2D eigenvalue weighted by atomic mass is 32.1. The van der Waals surface area contributed by atoms with E-state index < -0.39 is 0 Å². The Hall–Kier alpha value is -1.61. The van der Waals surface area contributed by atoms with E-state index in [9.17, 15) is 0 Å². The molecule has 0 aliphatic heterocycles. The van der Waals surface area contributed by atoms with Gasteiger partial charge in [0.15, 0.2) is 0 Å². The van der Waals surface area contributed by atoms with E-state index in [-0.39, 0.29) is 5.84 Å². The average Bonchev–Trinajstić information content (AvgIpc) is 2.74. The fourth-order valence-electron chi connectivity index (χ4n) is 1.74. The van der Waals surface area contributed by atoms with Crippen LogP contribution in [0, 0.1) is 5.41 Å². The van der Waals surface area contributed by atoms with E-state index in [2.05, 4.69) is 31.2 Å². The molecule has 1 aromatic carbocycles. The molecule has 0 atom stereocenters. The Balaban J connectivity index is 2.45. The van der Waals surface area contributed by atoms with Crippen molar-refractivity contribution < 1.29 is 0 Å². The number of unbranched alkanes of at least 4 members (excludes halogenated alkanes) is 1. The summed E-state index contributed by atoms with van der Waals surface area (Å²) in [7, 11) is 0. The van der Waals surface area contributed by atoms with E-state index >= 15 is 0 Å². The number of fused-ring (bicyclic) bond motifs is 1. The molecule has 2 aromatic rings. The van der Waals surface area contributed by atoms with Gasteiger partial charge in [-0.2, -0.15) is 0 Å². The SMILES string of the molecule is CCC/C=C/c1cccc2sc(C(=N)N)cc12. The van der Waals surface area contributed by atoms with E-state index in [0.29, 0.717) is 0 Å². The summed E-state index contributed by atoms with van der Waals surface area (Å²) >= 11 is 1.58. The van der Waals surface area contributed by atoms with Crippen LogP contribution in [0.2, 0.25) is 0 Å². The topological polar surface area (TPSA) is 49.9 Å². The number of rotatable bonds is 4. The predicted octanol–water partition coefficient (Wildman–Crippen LogP) is 4.00. The Morgan fingerprint density at radius 2 is 2.29 bits per heavy atom. The van der Waals surface area contributed by atoms with Gasteiger partial charge < -0.3 is 5.73 Å². The van der Waals surface area contributed by atoms with Crippen molar-refractivity contribution in [3.05, 3.63) is 40.8 Å². The average molecular weight is 244 g/mol. The van der Waals surface area contributed by atoms with Gasteiger partial charge in [-0.25, -0.2) is 0 Å². The van der Waals surface area contributed by atoms with Gasteiger partial charge in [0.05, 0.1) is 4.88 Å². The maximum atomic E-state index is 7.48. The molecular weight excluding hydrogens is 228 g/mol. The zero-order valence-corrected chi connectivity index (χ0v) is 10.7. The Bertz CT molecular complexity index is 567. The third-order valence-corrected chi connectivity index (χ3v) is 3.75. The molecule has 88 valence electrons. The van der Waals surface area contributed by atoms with Gasteiger partial charge in [0.25, 0.3) is 0 Å². The summed E-state index contributed by atoms with van der Waals surface area (Å²) in [4.78, 5) is 0.844. The zero-order chi connectivity index (χ0) is 12.3. The standard InChI is InChI=1S/C14H16N2S/c1-2-3-4-6-10-7-5-8-12-11(10)9-13(17-12)14(15)16/h4-9H,2-3H2,1H3,(H3,15,16)/b6-4+. The van der Waals surface area contributed by atoms with Crippen molar-refractivity contribution in [2.75, 3.05) is 0 Å². The maximum Gasteiger partial charge on any atom is 0.133 e. The smallest absolute Gasteiger partial charge is 0.133 e. The van der Waals surface area contributed by atoms with Gasteiger partial charge in [-0.3, -0.25) is 5.41 Å². The van der Waals surface area contributed by atoms with Crippen molar-refractivity contribution in [3.63, 3.8) is 0 Å². The highest BCUT2D eigenvalue weighted by Gasteiger charge is 2.05. The molecule has 0 unspecified atom stereocenters. The van der Waals surface area contributed by atoms with Crippen molar-refractivity contribution in [2.24, 2.45) is 5.73 Å². The summed E-state index contributed by atoms with van der Waals surface area (Å²) < 4.78 is 1.19. The van der Waals surface area contributed by atoms with Crippen LogP contribution in [0.15, 0.2) is 30.3 Å². The molecule has 1 aromatic heterocycles. The highest BCUT2D eigenvalue weighted by molar-refractivity contribution is 7.20. The molecule has 0 aliphatic rings. The lowest BCUT2D eigenvalue weighted by molar-refractivity contribution is 0.962. The van der Waals surface area contributed by atoms with Gasteiger partial charge >= 0.3 is 0 Å². The van der Waals surface area contributed by atoms with Crippen molar-refractivity contribution in [3.8, 4) is 0 Å². The van der Waals surface area contributed by atoms with Crippen LogP contribution < -0.4 is 5.73 Å². The molecule has 3 heteroatoms. The summed E-state index contributed by atoms with van der Waals surface area (Å²) in [5.41, 5.74) is 6.73. The lowest BCUT2D eigenvalue weighted by Crippen LogP contribution is -2.08. The fourth-order valence-corrected chi connectivity index (χ4v) is 2.70. The number of nitrogen functional groups attached to an aromatic ring is 1. The molecule has 0 aliphatic carbocycles. The lowest BCUT2D eigenvalue weighted by atomic mass is 10.1. The molecule has 0 radical (unpaired) electrons. The molecule has 0 fully saturated rings. The van der Waals surface area contributed by atoms with Crippen LogP contribution in [0.3, 0.4) is 0 Å². The largest absolute Gasteiger partial charge is 0.383 e. The van der Waals surface area contributed by atoms with Crippen molar-refractivity contribution in [1.29, 1.82) is 5.41 Å². The zero-order valence-electron chi connectivity index (χ0n) is 9.86. The van der Waals surface area contributed by atoms with Crippen LogP contribution in [0.4, 0.5) is 0 Å². The normalized spacial score (nSPS) is 11.4. The van der Waals surface area contributed by atoms with Crippen LogP contribution in [-0.4, -0.2) is 5.84 Å². The van der Waals surface area contributed by atoms with Crippen LogP contribution in [0.1, 0.15) is 30.2 Å². The lowest BCUT2D eigenvalue weighted by Gasteiger charge is -1.95. The van der Waals surface area contributed by atoms with Gasteiger partial charge in [0, 0.05) is 10.1 Å². The van der Waals surface area contributed by atoms with Crippen molar-refractivity contribution >= 4 is 33.3 Å². The van der Waals surface area contributed by atoms with Crippen LogP contribution in [0.5, 0.6) is 0 Å². The predicted molar refractivity (Wildman–Crippen MR) is 76.8 cm³/mol. The van der Waals surface area contributed by atoms with Gasteiger partial charge in [-0.1, -0.05) is 37.6 Å². The summed E-state index contributed by atoms with van der Waals surface area (Å²) in [5.74, 6) is 0.148. The molecule has 0 spiro atoms. The number of hydrogen-bond acceptors (Lipinski definition) is 2. The first-order valence-electron chi connectivity index (χ1n) is 5.76. The minimum absolute atomic E-state index is 0.148. The fraction of sp³-hybridized carbons (Fsp3) is 0.214. The minimum atomic E-state index is 0.148. The number of thiophene rings is 1. The molecule has 2 rings (SSSR count). The first-order chi connectivity index (χ1) is 8.22. The van der Waals surface area contributed by atoms with Crippen molar-refractivity contribution in [2.45, 2.75) is 19.8 Å². The molecule has 1 heterocycles. The third-order valence-electron chi connectivity index (χ3n) is 2.61. The van der Waals surface area contributed by atoms with E-state index in [4.69, 9.17) is 11.1 Å². The number of nitrogens with one attached hydrogen (secondary N) is 1. The Kier molecular flexibility index (Phi) is 3.59. The first kappa shape index (κ1) is 11.9. The van der Waals surface area contributed by atoms with Crippen LogP contribution >= 0.6 is 11.3 Å². The Morgan fingerprint density at radius 1 is 1.47 bits per heavy atom. The summed E-state index contributed by atoms with van der Waals surface area (Å²) in [5, 5.41) is 8.67. The highest BCUT2D eigenvalue weighted by Crippen LogP contribution is 2.28. The molecule has 17 heavy (non-hydrogen) atoms. The number of hydrogen-bond donors (Lipinski definition) is 2. The summed E-state index contributed by atoms with van der Waals surface area (Å²) in [6.07, 6.45) is 6.61. The number of nitrogens with two attached hydrogens (primary N) is 1. The van der Waals surface area contributed by atoms with Gasteiger partial charge in [0.2, 0.25) is 0 Å². The van der Waals surface area contributed by atoms with E-state index in [1.807, 2.05) is 12.1 Å². The molecule has 0 amide bonds. The second kappa shape index (κ2) is 5.15. The van der Waals surface area contributed by atoms with Crippen LogP contribution in [0.25, 0.3) is 16.2 Å². The molecule has 0 saturated carbocycles. The monoisotopic (exact) mass is 244 g/mol. The molecule has 3 N–H and O–H groups in total. The van der Waals surface area contributed by atoms with Gasteiger partial charge in [-0.05, 0) is 24.1 Å². The second-order valence-electron chi connectivity index (χ2n) is 3.97. The number of benzene rings is 1. The van der Waals surface area contributed by atoms with Gasteiger partial charge in [0.1, 0.15) is 5.84 Å². The molecule has 2 nitrogen and oxygen atoms in total. The number of amidine groups is 1. The molecular formula is C14H16N2S. The van der Waals surface area contributed by atoms with E-state index in [1.165, 1.54) is 15.6 Å². The first-order valence-corrected chi connectivity index (χ1v) is 6.57. The Morgan fingerprint density at radius 3 is 3.00 bits per heavy atom. The van der Waals surface area contributed by atoms with E-state index in [0.717, 1.165) is 17.7 Å². The van der Waals surface area contributed by atoms with Crippen molar-refractivity contribution in [1.82, 2.24) is 0 Å². The van der Waals surface area contributed by atoms with Gasteiger partial charge in [-0.15, -0.1) is 11.3 Å². The Labute approximate surface area is 105 Å². The summed E-state index contributed by atoms with van der Waals surface area (Å²) in [6, 6.07) is 8.23. The van der Waals surface area contributed by atoms with Crippen LogP contribution in [-0.2, 0) is 0 Å².